The van der Waals surface area contributed by atoms with Crippen molar-refractivity contribution in [1.82, 2.24) is 9.55 Å². The smallest absolute Gasteiger partial charge is 0.415 e. The molecule has 0 fully saturated rings. The molecular formula is C18H17ClF2IN3O3. The highest BCUT2D eigenvalue weighted by atomic mass is 127. The van der Waals surface area contributed by atoms with Gasteiger partial charge in [0, 0.05) is 12.3 Å². The van der Waals surface area contributed by atoms with Gasteiger partial charge in [0.15, 0.2) is 0 Å². The van der Waals surface area contributed by atoms with Crippen molar-refractivity contribution in [3.05, 3.63) is 45.1 Å². The Hall–Kier alpha value is -1.88. The Bertz CT molecular complexity index is 1000. The molecule has 3 aromatic heterocycles. The highest BCUT2D eigenvalue weighted by molar-refractivity contribution is 14.1. The molecule has 3 aromatic rings. The van der Waals surface area contributed by atoms with Crippen molar-refractivity contribution in [1.29, 1.82) is 0 Å². The summed E-state index contributed by atoms with van der Waals surface area (Å²) < 4.78 is 39.4. The number of hydrogen-bond donors (Lipinski definition) is 0. The molecular weight excluding hydrogens is 507 g/mol. The Morgan fingerprint density at radius 1 is 1.46 bits per heavy atom. The largest absolute Gasteiger partial charge is 0.467 e. The first-order valence-electron chi connectivity index (χ1n) is 8.24. The molecule has 0 saturated carbocycles. The molecule has 0 unspecified atom stereocenters. The van der Waals surface area contributed by atoms with Crippen molar-refractivity contribution in [2.24, 2.45) is 0 Å². The fraction of sp³-hybridized carbons (Fsp3) is 0.333. The fourth-order valence-electron chi connectivity index (χ4n) is 2.65. The number of aromatic nitrogens is 2. The van der Waals surface area contributed by atoms with Crippen molar-refractivity contribution >= 4 is 57.0 Å². The fourth-order valence-corrected chi connectivity index (χ4v) is 3.51. The van der Waals surface area contributed by atoms with E-state index in [9.17, 15) is 13.6 Å². The third kappa shape index (κ3) is 4.40. The number of alkyl halides is 2. The van der Waals surface area contributed by atoms with Gasteiger partial charge in [-0.05, 0) is 55.5 Å². The Balaban J connectivity index is 2.21. The predicted molar refractivity (Wildman–Crippen MR) is 110 cm³/mol. The molecule has 3 heterocycles. The summed E-state index contributed by atoms with van der Waals surface area (Å²) in [5, 5.41) is 0.0698. The first kappa shape index (κ1) is 20.8. The maximum atomic E-state index is 13.6. The van der Waals surface area contributed by atoms with Gasteiger partial charge < -0.3 is 9.15 Å². The van der Waals surface area contributed by atoms with Crippen LogP contribution in [0.4, 0.5) is 19.3 Å². The molecule has 0 aliphatic carbocycles. The van der Waals surface area contributed by atoms with Crippen LogP contribution in [0.2, 0.25) is 5.15 Å². The number of anilines is 1. The molecule has 1 amide bonds. The number of pyridine rings is 1. The second-order valence-electron chi connectivity index (χ2n) is 6.97. The summed E-state index contributed by atoms with van der Waals surface area (Å²) in [5.41, 5.74) is -0.269. The van der Waals surface area contributed by atoms with Crippen molar-refractivity contribution in [2.75, 3.05) is 4.90 Å². The average molecular weight is 524 g/mol. The van der Waals surface area contributed by atoms with E-state index in [1.165, 1.54) is 23.4 Å². The lowest BCUT2D eigenvalue weighted by molar-refractivity contribution is 0.0572. The van der Waals surface area contributed by atoms with Crippen LogP contribution in [-0.2, 0) is 11.3 Å². The van der Waals surface area contributed by atoms with Crippen molar-refractivity contribution in [2.45, 2.75) is 39.5 Å². The molecule has 0 saturated heterocycles. The summed E-state index contributed by atoms with van der Waals surface area (Å²) in [6.45, 7) is 2.31. The molecule has 0 spiro atoms. The minimum atomic E-state index is -2.82. The normalized spacial score (nSPS) is 12.0. The highest BCUT2D eigenvalue weighted by Crippen LogP contribution is 2.36. The zero-order valence-corrected chi connectivity index (χ0v) is 18.2. The van der Waals surface area contributed by atoms with Gasteiger partial charge in [0.05, 0.1) is 27.6 Å². The predicted octanol–water partition coefficient (Wildman–Crippen LogP) is 6.22. The Kier molecular flexibility index (Phi) is 5.85. The van der Waals surface area contributed by atoms with E-state index in [2.05, 4.69) is 4.98 Å². The summed E-state index contributed by atoms with van der Waals surface area (Å²) in [6.07, 6.45) is 2.01. The van der Waals surface area contributed by atoms with Crippen LogP contribution in [0.25, 0.3) is 11.0 Å². The molecule has 28 heavy (non-hydrogen) atoms. The topological polar surface area (TPSA) is 60.5 Å². The van der Waals surface area contributed by atoms with E-state index in [4.69, 9.17) is 20.8 Å². The lowest BCUT2D eigenvalue weighted by Crippen LogP contribution is -2.36. The zero-order chi connectivity index (χ0) is 20.6. The zero-order valence-electron chi connectivity index (χ0n) is 15.2. The third-order valence-corrected chi connectivity index (χ3v) is 4.67. The van der Waals surface area contributed by atoms with Gasteiger partial charge in [0.25, 0.3) is 0 Å². The molecule has 0 aliphatic heterocycles. The van der Waals surface area contributed by atoms with Crippen LogP contribution in [0.1, 0.15) is 33.1 Å². The van der Waals surface area contributed by atoms with E-state index in [-0.39, 0.29) is 28.4 Å². The van der Waals surface area contributed by atoms with Crippen LogP contribution in [-0.4, -0.2) is 21.2 Å². The molecule has 0 atom stereocenters. The lowest BCUT2D eigenvalue weighted by Gasteiger charge is -2.27. The molecule has 0 radical (unpaired) electrons. The monoisotopic (exact) mass is 523 g/mol. The average Bonchev–Trinajstić information content (AvgIpc) is 3.19. The number of nitrogens with zero attached hydrogens (tertiary/aromatic N) is 3. The van der Waals surface area contributed by atoms with Gasteiger partial charge in [0.1, 0.15) is 22.0 Å². The summed E-state index contributed by atoms with van der Waals surface area (Å²) in [6, 6.07) is 4.71. The second-order valence-corrected chi connectivity index (χ2v) is 8.52. The summed E-state index contributed by atoms with van der Waals surface area (Å²) >= 11 is 8.04. The van der Waals surface area contributed by atoms with Gasteiger partial charge in [-0.25, -0.2) is 9.78 Å². The first-order valence-corrected chi connectivity index (χ1v) is 9.70. The number of amides is 1. The quantitative estimate of drug-likeness (QED) is 0.301. The summed E-state index contributed by atoms with van der Waals surface area (Å²) in [4.78, 5) is 18.3. The van der Waals surface area contributed by atoms with Gasteiger partial charge in [-0.3, -0.25) is 9.47 Å². The molecule has 0 aliphatic rings. The molecule has 6 nitrogen and oxygen atoms in total. The Morgan fingerprint density at radius 2 is 2.18 bits per heavy atom. The molecule has 3 rings (SSSR count). The molecule has 0 aromatic carbocycles. The molecule has 0 N–H and O–H groups in total. The van der Waals surface area contributed by atoms with Gasteiger partial charge in [-0.1, -0.05) is 11.6 Å². The number of carbonyl (C=O) groups is 1. The van der Waals surface area contributed by atoms with E-state index in [1.807, 2.05) is 22.6 Å². The number of fused-ring (bicyclic) bond motifs is 1. The van der Waals surface area contributed by atoms with E-state index in [0.717, 1.165) is 4.57 Å². The maximum absolute atomic E-state index is 13.6. The number of carbonyl (C=O) groups excluding carboxylic acids is 1. The van der Waals surface area contributed by atoms with Crippen LogP contribution in [0.3, 0.4) is 0 Å². The third-order valence-electron chi connectivity index (χ3n) is 3.69. The van der Waals surface area contributed by atoms with Gasteiger partial charge in [-0.2, -0.15) is 8.78 Å². The van der Waals surface area contributed by atoms with Crippen LogP contribution < -0.4 is 4.90 Å². The number of halogens is 4. The Labute approximate surface area is 178 Å². The molecule has 0 bridgehead atoms. The first-order chi connectivity index (χ1) is 13.1. The minimum Gasteiger partial charge on any atom is -0.467 e. The minimum absolute atomic E-state index is 0.0254. The van der Waals surface area contributed by atoms with Crippen molar-refractivity contribution in [3.63, 3.8) is 0 Å². The van der Waals surface area contributed by atoms with E-state index >= 15 is 0 Å². The number of furan rings is 1. The van der Waals surface area contributed by atoms with Gasteiger partial charge in [0.2, 0.25) is 0 Å². The highest BCUT2D eigenvalue weighted by Gasteiger charge is 2.29. The van der Waals surface area contributed by atoms with Gasteiger partial charge in [-0.15, -0.1) is 0 Å². The van der Waals surface area contributed by atoms with Crippen molar-refractivity contribution in [3.8, 4) is 0 Å². The molecule has 10 heteroatoms. The maximum Gasteiger partial charge on any atom is 0.415 e. The van der Waals surface area contributed by atoms with Crippen LogP contribution in [0.5, 0.6) is 0 Å². The summed E-state index contributed by atoms with van der Waals surface area (Å²) in [5.74, 6) is 0.455. The SMILES string of the molecule is CC(C)(C)OC(=O)N(Cc1ccco1)c1cc(Cl)nc2c(I)cn(C(F)F)c12. The van der Waals surface area contributed by atoms with E-state index < -0.39 is 18.2 Å². The number of rotatable bonds is 4. The standard InChI is InChI=1S/C18H17ClF2IN3O3/c1-18(2,3)28-17(26)24(8-10-5-4-6-27-10)12-7-13(19)23-14-11(22)9-25(15(12)14)16(20)21/h4-7,9,16H,8H2,1-3H3. The van der Waals surface area contributed by atoms with Crippen LogP contribution in [0.15, 0.2) is 35.1 Å². The number of hydrogen-bond acceptors (Lipinski definition) is 4. The summed E-state index contributed by atoms with van der Waals surface area (Å²) in [7, 11) is 0. The molecule has 150 valence electrons. The lowest BCUT2D eigenvalue weighted by atomic mass is 10.2. The van der Waals surface area contributed by atoms with Crippen molar-refractivity contribution < 1.29 is 22.7 Å². The van der Waals surface area contributed by atoms with Crippen LogP contribution >= 0.6 is 34.2 Å². The van der Waals surface area contributed by atoms with E-state index in [0.29, 0.717) is 9.33 Å². The van der Waals surface area contributed by atoms with Crippen LogP contribution in [0, 0.1) is 3.57 Å². The number of ether oxygens (including phenoxy) is 1. The Morgan fingerprint density at radius 3 is 2.75 bits per heavy atom. The second kappa shape index (κ2) is 7.86. The van der Waals surface area contributed by atoms with Gasteiger partial charge >= 0.3 is 12.6 Å². The van der Waals surface area contributed by atoms with E-state index in [1.54, 1.807) is 32.9 Å².